The molecule has 0 aromatic heterocycles. The number of nitrogens with zero attached hydrogens (tertiary/aromatic N) is 3. The van der Waals surface area contributed by atoms with Gasteiger partial charge in [0.1, 0.15) is 12.7 Å². The van der Waals surface area contributed by atoms with Gasteiger partial charge in [-0.1, -0.05) is 30.3 Å². The zero-order valence-electron chi connectivity index (χ0n) is 19.1. The average molecular weight is 465 g/mol. The molecule has 9 heteroatoms. The largest absolute Gasteiger partial charge is 0.444 e. The molecule has 2 aromatic rings. The highest BCUT2D eigenvalue weighted by Crippen LogP contribution is 2.42. The lowest BCUT2D eigenvalue weighted by molar-refractivity contribution is -0.119. The minimum atomic E-state index is -0.469. The Morgan fingerprint density at radius 2 is 1.94 bits per heavy atom. The molecule has 3 aliphatic rings. The van der Waals surface area contributed by atoms with Gasteiger partial charge in [-0.2, -0.15) is 0 Å². The number of anilines is 3. The van der Waals surface area contributed by atoms with Gasteiger partial charge in [0.2, 0.25) is 5.91 Å². The molecule has 34 heavy (non-hydrogen) atoms. The van der Waals surface area contributed by atoms with Gasteiger partial charge in [-0.15, -0.1) is 0 Å². The summed E-state index contributed by atoms with van der Waals surface area (Å²) in [5.74, 6) is -0.173. The molecule has 0 radical (unpaired) electrons. The van der Waals surface area contributed by atoms with Crippen molar-refractivity contribution < 1.29 is 23.9 Å². The number of fused-ring (bicyclic) bond motifs is 3. The molecule has 9 nitrogen and oxygen atoms in total. The molecular weight excluding hydrogens is 436 g/mol. The van der Waals surface area contributed by atoms with Crippen LogP contribution in [0.1, 0.15) is 25.3 Å². The molecule has 2 atom stereocenters. The first-order valence-corrected chi connectivity index (χ1v) is 11.6. The van der Waals surface area contributed by atoms with Gasteiger partial charge in [-0.05, 0) is 36.6 Å². The number of benzene rings is 2. The summed E-state index contributed by atoms with van der Waals surface area (Å²) in [6.07, 6.45) is 0.793. The van der Waals surface area contributed by atoms with Gasteiger partial charge < -0.3 is 19.7 Å². The van der Waals surface area contributed by atoms with E-state index < -0.39 is 18.3 Å². The molecule has 2 fully saturated rings. The van der Waals surface area contributed by atoms with E-state index >= 15 is 0 Å². The maximum absolute atomic E-state index is 13.2. The SMILES string of the molecule is CC(=O)NC[C@H]1CN(c2ccc3c(c2)N(C(=O)OCc2ccccc2)C[C@@H]2CCCN32)C(=O)O1. The molecule has 0 unspecified atom stereocenters. The van der Waals surface area contributed by atoms with Crippen molar-refractivity contribution in [2.24, 2.45) is 0 Å². The van der Waals surface area contributed by atoms with E-state index in [0.717, 1.165) is 36.3 Å². The van der Waals surface area contributed by atoms with E-state index in [1.54, 1.807) is 4.90 Å². The first-order valence-electron chi connectivity index (χ1n) is 11.6. The summed E-state index contributed by atoms with van der Waals surface area (Å²) in [6, 6.07) is 15.6. The molecule has 0 spiro atoms. The fourth-order valence-electron chi connectivity index (χ4n) is 4.86. The standard InChI is InChI=1S/C25H28N4O5/c1-17(30)26-13-21-15-28(25(32)34-21)19-9-10-22-23(12-19)29(14-20-8-5-11-27(20)22)24(31)33-16-18-6-3-2-4-7-18/h2-4,6-7,9-10,12,20-21H,5,8,11,13-16H2,1H3,(H,26,30)/t20-,21-/m0/s1. The van der Waals surface area contributed by atoms with Crippen molar-refractivity contribution >= 4 is 35.2 Å². The highest BCUT2D eigenvalue weighted by molar-refractivity contribution is 5.97. The molecule has 3 amide bonds. The Balaban J connectivity index is 1.38. The average Bonchev–Trinajstić information content (AvgIpc) is 3.47. The van der Waals surface area contributed by atoms with Crippen LogP contribution < -0.4 is 20.0 Å². The quantitative estimate of drug-likeness (QED) is 0.730. The van der Waals surface area contributed by atoms with E-state index in [4.69, 9.17) is 9.47 Å². The first-order chi connectivity index (χ1) is 16.5. The summed E-state index contributed by atoms with van der Waals surface area (Å²) in [6.45, 7) is 3.69. The Kier molecular flexibility index (Phi) is 6.00. The van der Waals surface area contributed by atoms with Crippen LogP contribution >= 0.6 is 0 Å². The Labute approximate surface area is 198 Å². The monoisotopic (exact) mass is 464 g/mol. The van der Waals surface area contributed by atoms with Gasteiger partial charge in [0.15, 0.2) is 0 Å². The maximum Gasteiger partial charge on any atom is 0.414 e. The topological polar surface area (TPSA) is 91.4 Å². The van der Waals surface area contributed by atoms with Crippen molar-refractivity contribution in [2.45, 2.75) is 38.5 Å². The Bertz CT molecular complexity index is 1090. The van der Waals surface area contributed by atoms with E-state index in [0.29, 0.717) is 18.8 Å². The van der Waals surface area contributed by atoms with Crippen LogP contribution in [0.15, 0.2) is 48.5 Å². The smallest absolute Gasteiger partial charge is 0.414 e. The van der Waals surface area contributed by atoms with E-state index in [9.17, 15) is 14.4 Å². The molecule has 3 heterocycles. The molecule has 1 N–H and O–H groups in total. The molecule has 0 saturated carbocycles. The molecule has 2 aromatic carbocycles. The number of amides is 3. The van der Waals surface area contributed by atoms with Crippen LogP contribution in [0.3, 0.4) is 0 Å². The van der Waals surface area contributed by atoms with Gasteiger partial charge in [-0.3, -0.25) is 14.6 Å². The number of rotatable bonds is 5. The fourth-order valence-corrected chi connectivity index (χ4v) is 4.86. The van der Waals surface area contributed by atoms with E-state index in [1.807, 2.05) is 48.5 Å². The second kappa shape index (κ2) is 9.24. The minimum Gasteiger partial charge on any atom is -0.444 e. The van der Waals surface area contributed by atoms with Gasteiger partial charge in [0, 0.05) is 31.7 Å². The third kappa shape index (κ3) is 4.37. The summed E-state index contributed by atoms with van der Waals surface area (Å²) >= 11 is 0. The maximum atomic E-state index is 13.2. The Hall–Kier alpha value is -3.75. The third-order valence-electron chi connectivity index (χ3n) is 6.52. The predicted molar refractivity (Wildman–Crippen MR) is 127 cm³/mol. The van der Waals surface area contributed by atoms with Crippen LogP contribution in [0.25, 0.3) is 0 Å². The lowest BCUT2D eigenvalue weighted by atomic mass is 10.1. The van der Waals surface area contributed by atoms with Crippen LogP contribution in [0.2, 0.25) is 0 Å². The van der Waals surface area contributed by atoms with E-state index in [2.05, 4.69) is 10.2 Å². The van der Waals surface area contributed by atoms with Crippen LogP contribution in [0.5, 0.6) is 0 Å². The van der Waals surface area contributed by atoms with Crippen molar-refractivity contribution in [1.29, 1.82) is 0 Å². The fraction of sp³-hybridized carbons (Fsp3) is 0.400. The number of nitrogens with one attached hydrogen (secondary N) is 1. The molecule has 5 rings (SSSR count). The van der Waals surface area contributed by atoms with Crippen LogP contribution in [-0.2, 0) is 20.9 Å². The van der Waals surface area contributed by atoms with Crippen molar-refractivity contribution in [3.8, 4) is 0 Å². The van der Waals surface area contributed by atoms with Crippen LogP contribution in [0.4, 0.5) is 26.7 Å². The van der Waals surface area contributed by atoms with Crippen LogP contribution in [-0.4, -0.2) is 56.4 Å². The lowest BCUT2D eigenvalue weighted by Gasteiger charge is -2.40. The highest BCUT2D eigenvalue weighted by atomic mass is 16.6. The van der Waals surface area contributed by atoms with Crippen molar-refractivity contribution in [2.75, 3.05) is 40.9 Å². The van der Waals surface area contributed by atoms with Gasteiger partial charge in [0.05, 0.1) is 24.5 Å². The molecule has 0 bridgehead atoms. The molecule has 0 aliphatic carbocycles. The molecule has 3 aliphatic heterocycles. The number of cyclic esters (lactones) is 1. The number of carbonyl (C=O) groups is 3. The number of hydrogen-bond donors (Lipinski definition) is 1. The minimum absolute atomic E-state index is 0.173. The summed E-state index contributed by atoms with van der Waals surface area (Å²) in [5.41, 5.74) is 3.27. The number of ether oxygens (including phenoxy) is 2. The summed E-state index contributed by atoms with van der Waals surface area (Å²) in [4.78, 5) is 42.5. The van der Waals surface area contributed by atoms with E-state index in [-0.39, 0.29) is 25.1 Å². The van der Waals surface area contributed by atoms with Gasteiger partial charge in [-0.25, -0.2) is 9.59 Å². The lowest BCUT2D eigenvalue weighted by Crippen LogP contribution is -2.48. The van der Waals surface area contributed by atoms with Crippen LogP contribution in [0, 0.1) is 0 Å². The summed E-state index contributed by atoms with van der Waals surface area (Å²) in [7, 11) is 0. The number of hydrogen-bond acceptors (Lipinski definition) is 6. The van der Waals surface area contributed by atoms with Gasteiger partial charge >= 0.3 is 12.2 Å². The second-order valence-electron chi connectivity index (χ2n) is 8.87. The Morgan fingerprint density at radius 1 is 1.12 bits per heavy atom. The van der Waals surface area contributed by atoms with Crippen molar-refractivity contribution in [3.63, 3.8) is 0 Å². The number of carbonyl (C=O) groups excluding carboxylic acids is 3. The molecule has 2 saturated heterocycles. The first kappa shape index (κ1) is 22.1. The predicted octanol–water partition coefficient (Wildman–Crippen LogP) is 3.27. The zero-order chi connectivity index (χ0) is 23.7. The molecular formula is C25H28N4O5. The summed E-state index contributed by atoms with van der Waals surface area (Å²) < 4.78 is 11.1. The summed E-state index contributed by atoms with van der Waals surface area (Å²) in [5, 5.41) is 2.69. The Morgan fingerprint density at radius 3 is 2.74 bits per heavy atom. The van der Waals surface area contributed by atoms with Crippen molar-refractivity contribution in [1.82, 2.24) is 5.32 Å². The second-order valence-corrected chi connectivity index (χ2v) is 8.87. The van der Waals surface area contributed by atoms with E-state index in [1.165, 1.54) is 11.8 Å². The molecule has 178 valence electrons. The normalized spacial score (nSPS) is 21.1. The van der Waals surface area contributed by atoms with Gasteiger partial charge in [0.25, 0.3) is 0 Å². The highest BCUT2D eigenvalue weighted by Gasteiger charge is 2.39. The van der Waals surface area contributed by atoms with Crippen molar-refractivity contribution in [3.05, 3.63) is 54.1 Å². The third-order valence-corrected chi connectivity index (χ3v) is 6.52. The zero-order valence-corrected chi connectivity index (χ0v) is 19.1.